The van der Waals surface area contributed by atoms with E-state index in [-0.39, 0.29) is 0 Å². The molecule has 0 amide bonds. The summed E-state index contributed by atoms with van der Waals surface area (Å²) in [5.74, 6) is 0. The van der Waals surface area contributed by atoms with Crippen molar-refractivity contribution in [2.75, 3.05) is 0 Å². The van der Waals surface area contributed by atoms with Crippen molar-refractivity contribution in [1.29, 1.82) is 0 Å². The van der Waals surface area contributed by atoms with Gasteiger partial charge in [-0.3, -0.25) is 14.4 Å². The van der Waals surface area contributed by atoms with Crippen molar-refractivity contribution in [1.82, 2.24) is 0 Å². The standard InChI is InChI=1S/C11H17.3CO.Mn/c1-2-3-4-5-8-11-9-6-7-10-11;3*1-2;/h6,9H,2-5,7-8H2,1H3;;;;. The van der Waals surface area contributed by atoms with E-state index in [1.807, 2.05) is 0 Å². The summed E-state index contributed by atoms with van der Waals surface area (Å²) in [7, 11) is 0. The number of hydrogen-bond acceptors (Lipinski definition) is 3. The second-order valence-corrected chi connectivity index (χ2v) is 4.06. The molecule has 0 heterocycles. The monoisotopic (exact) mass is 288 g/mol. The van der Waals surface area contributed by atoms with E-state index in [1.54, 1.807) is 0 Å². The Hall–Kier alpha value is -0.991. The molecule has 0 atom stereocenters. The van der Waals surface area contributed by atoms with Crippen molar-refractivity contribution >= 4 is 20.4 Å². The number of carbonyl (C=O) groups excluding carboxylic acids is 3. The Labute approximate surface area is 119 Å². The molecule has 0 aromatic carbocycles. The van der Waals surface area contributed by atoms with Crippen molar-refractivity contribution in [2.45, 2.75) is 45.4 Å². The van der Waals surface area contributed by atoms with Gasteiger partial charge in [0.05, 0.1) is 0 Å². The largest absolute Gasteiger partial charge is 0.281 e. The Balaban J connectivity index is -0.000000328. The van der Waals surface area contributed by atoms with Gasteiger partial charge in [0.2, 0.25) is 0 Å². The zero-order valence-electron chi connectivity index (χ0n) is 10.5. The third-order valence-electron chi connectivity index (χ3n) is 2.26. The van der Waals surface area contributed by atoms with Gasteiger partial charge in [-0.15, -0.1) is 0 Å². The van der Waals surface area contributed by atoms with Crippen LogP contribution in [0.2, 0.25) is 0 Å². The van der Waals surface area contributed by atoms with Gasteiger partial charge >= 0.3 is 83.7 Å². The smallest absolute Gasteiger partial charge is 0.281 e. The van der Waals surface area contributed by atoms with Gasteiger partial charge in [-0.05, 0) is 0 Å². The Morgan fingerprint density at radius 3 is 2.00 bits per heavy atom. The first-order valence-electron chi connectivity index (χ1n) is 5.50. The van der Waals surface area contributed by atoms with E-state index in [9.17, 15) is 0 Å². The molecule has 0 aromatic rings. The number of rotatable bonds is 5. The van der Waals surface area contributed by atoms with Crippen LogP contribution in [0.1, 0.15) is 45.4 Å². The summed E-state index contributed by atoms with van der Waals surface area (Å²) in [5, 5.41) is 0. The van der Waals surface area contributed by atoms with Gasteiger partial charge in [-0.2, -0.15) is 0 Å². The summed E-state index contributed by atoms with van der Waals surface area (Å²) in [4.78, 5) is 22.5. The zero-order chi connectivity index (χ0) is 14.8. The van der Waals surface area contributed by atoms with Crippen molar-refractivity contribution in [3.05, 3.63) is 22.2 Å². The second kappa shape index (κ2) is 21.3. The fraction of sp³-hybridized carbons (Fsp3) is 0.500. The number of unbranched alkanes of at least 4 members (excludes halogenated alkanes) is 3. The van der Waals surface area contributed by atoms with E-state index in [1.165, 1.54) is 42.1 Å². The molecule has 0 bridgehead atoms. The van der Waals surface area contributed by atoms with Crippen LogP contribution in [0.5, 0.6) is 0 Å². The minimum Gasteiger partial charge on any atom is -0.281 e. The van der Waals surface area contributed by atoms with Crippen LogP contribution in [0, 0.1) is 0 Å². The fourth-order valence-corrected chi connectivity index (χ4v) is 1.87. The molecule has 0 saturated heterocycles. The molecule has 1 rings (SSSR count). The third-order valence-corrected chi connectivity index (χ3v) is 2.88. The van der Waals surface area contributed by atoms with Crippen molar-refractivity contribution in [3.8, 4) is 0 Å². The Morgan fingerprint density at radius 1 is 1.06 bits per heavy atom. The molecule has 4 heteroatoms. The van der Waals surface area contributed by atoms with Gasteiger partial charge in [0.15, 0.2) is 0 Å². The summed E-state index contributed by atoms with van der Waals surface area (Å²) in [5.41, 5.74) is 1.52. The van der Waals surface area contributed by atoms with Gasteiger partial charge in [0, 0.05) is 0 Å². The van der Waals surface area contributed by atoms with Crippen LogP contribution < -0.4 is 0 Å². The maximum absolute atomic E-state index is 7.50. The van der Waals surface area contributed by atoms with Crippen molar-refractivity contribution in [2.24, 2.45) is 0 Å². The quantitative estimate of drug-likeness (QED) is 0.577. The van der Waals surface area contributed by atoms with Crippen LogP contribution in [-0.4, -0.2) is 20.4 Å². The molecule has 98 valence electrons. The second-order valence-electron chi connectivity index (χ2n) is 3.35. The predicted molar refractivity (Wildman–Crippen MR) is 66.6 cm³/mol. The van der Waals surface area contributed by atoms with Gasteiger partial charge in [-0.25, -0.2) is 0 Å². The van der Waals surface area contributed by atoms with E-state index in [4.69, 9.17) is 14.4 Å². The molecule has 1 aliphatic rings. The van der Waals surface area contributed by atoms with E-state index in [2.05, 4.69) is 55.5 Å². The van der Waals surface area contributed by atoms with Gasteiger partial charge in [0.25, 0.3) is 20.4 Å². The first-order chi connectivity index (χ1) is 8.84. The molecular weight excluding hydrogens is 271 g/mol. The summed E-state index contributed by atoms with van der Waals surface area (Å²) >= 11 is 3.59. The van der Waals surface area contributed by atoms with Crippen LogP contribution in [0.3, 0.4) is 0 Å². The normalized spacial score (nSPS) is 11.4. The molecule has 0 unspecified atom stereocenters. The summed E-state index contributed by atoms with van der Waals surface area (Å²) in [6, 6.07) is 0. The SMILES string of the molecule is CCCCCCC1=[C]([Mn])CC=C1.[C]=O.[C]=O.[C]=O. The molecule has 0 N–H and O–H groups in total. The van der Waals surface area contributed by atoms with Crippen LogP contribution in [0.15, 0.2) is 22.2 Å². The van der Waals surface area contributed by atoms with E-state index in [0.717, 1.165) is 6.42 Å². The molecule has 0 fully saturated rings. The maximum Gasteiger partial charge on any atom is 0.281 e. The fourth-order valence-electron chi connectivity index (χ4n) is 1.49. The Bertz CT molecular complexity index is 232. The molecule has 0 aliphatic heterocycles. The van der Waals surface area contributed by atoms with Crippen LogP contribution in [-0.2, 0) is 30.4 Å². The topological polar surface area (TPSA) is 51.2 Å². The summed E-state index contributed by atoms with van der Waals surface area (Å²) in [6.45, 7) is 15.8. The van der Waals surface area contributed by atoms with Gasteiger partial charge < -0.3 is 0 Å². The van der Waals surface area contributed by atoms with E-state index < -0.39 is 0 Å². The van der Waals surface area contributed by atoms with Crippen molar-refractivity contribution < 1.29 is 30.4 Å². The number of allylic oxidation sites excluding steroid dienone is 4. The molecule has 0 saturated carbocycles. The molecule has 1 aliphatic carbocycles. The van der Waals surface area contributed by atoms with Crippen LogP contribution >= 0.6 is 0 Å². The van der Waals surface area contributed by atoms with Crippen molar-refractivity contribution in [3.63, 3.8) is 0 Å². The number of hydrogen-bond donors (Lipinski definition) is 0. The summed E-state index contributed by atoms with van der Waals surface area (Å²) < 4.78 is 1.40. The van der Waals surface area contributed by atoms with Crippen LogP contribution in [0.4, 0.5) is 0 Å². The van der Waals surface area contributed by atoms with Gasteiger partial charge in [-0.1, -0.05) is 0 Å². The molecule has 18 heavy (non-hydrogen) atoms. The molecule has 0 aromatic heterocycles. The minimum atomic E-state index is 1.11. The van der Waals surface area contributed by atoms with Crippen LogP contribution in [0.25, 0.3) is 0 Å². The molecule has 3 nitrogen and oxygen atoms in total. The maximum atomic E-state index is 7.50. The van der Waals surface area contributed by atoms with E-state index in [0.29, 0.717) is 0 Å². The van der Waals surface area contributed by atoms with Gasteiger partial charge in [0.1, 0.15) is 0 Å². The molecule has 6 radical (unpaired) electrons. The average molecular weight is 288 g/mol. The Morgan fingerprint density at radius 2 is 1.61 bits per heavy atom. The first kappa shape index (κ1) is 22.2. The van der Waals surface area contributed by atoms with E-state index >= 15 is 0 Å². The molecule has 0 spiro atoms. The average Bonchev–Trinajstić information content (AvgIpc) is 2.87. The first-order valence-corrected chi connectivity index (χ1v) is 6.09. The predicted octanol–water partition coefficient (Wildman–Crippen LogP) is 2.53. The molecular formula is C14H17MnO3. The Kier molecular flexibility index (Phi) is 26.3. The summed E-state index contributed by atoms with van der Waals surface area (Å²) in [6.07, 6.45) is 12.3. The minimum absolute atomic E-state index is 1.11. The third kappa shape index (κ3) is 13.1. The zero-order valence-corrected chi connectivity index (χ0v) is 11.7.